The molecule has 0 aromatic heterocycles. The summed E-state index contributed by atoms with van der Waals surface area (Å²) in [6.45, 7) is 2.26. The summed E-state index contributed by atoms with van der Waals surface area (Å²) in [6.07, 6.45) is 0.232. The molecule has 1 heterocycles. The third-order valence-electron chi connectivity index (χ3n) is 4.23. The summed E-state index contributed by atoms with van der Waals surface area (Å²) in [5, 5.41) is 10.7. The Morgan fingerprint density at radius 1 is 1.12 bits per heavy atom. The Bertz CT molecular complexity index is 758. The molecular weight excluding hydrogens is 306 g/mol. The smallest absolute Gasteiger partial charge is 0.269 e. The summed E-state index contributed by atoms with van der Waals surface area (Å²) in [5.74, 6) is 0.00611. The van der Waals surface area contributed by atoms with E-state index < -0.39 is 4.92 Å². The number of para-hydroxylation sites is 1. The molecule has 24 heavy (non-hydrogen) atoms. The van der Waals surface area contributed by atoms with Crippen LogP contribution in [0.15, 0.2) is 48.5 Å². The first kappa shape index (κ1) is 16.1. The maximum absolute atomic E-state index is 12.8. The molecule has 124 valence electrons. The number of non-ortho nitro benzene ring substituents is 1. The molecule has 2 aromatic rings. The van der Waals surface area contributed by atoms with Crippen LogP contribution in [0.4, 0.5) is 11.4 Å². The number of carbonyl (C=O) groups is 1. The van der Waals surface area contributed by atoms with Gasteiger partial charge in [-0.15, -0.1) is 0 Å². The standard InChI is InChI=1S/C18H19N3O3/c1-19-10-11-20(17-5-3-2-4-15(17)13-19)18(22)12-14-6-8-16(9-7-14)21(23)24/h2-9H,10-13H2,1H3. The van der Waals surface area contributed by atoms with Crippen LogP contribution in [0.3, 0.4) is 0 Å². The van der Waals surface area contributed by atoms with Gasteiger partial charge in [0.15, 0.2) is 0 Å². The predicted octanol–water partition coefficient (Wildman–Crippen LogP) is 2.62. The first-order valence-corrected chi connectivity index (χ1v) is 7.85. The van der Waals surface area contributed by atoms with Crippen molar-refractivity contribution in [1.29, 1.82) is 0 Å². The fourth-order valence-corrected chi connectivity index (χ4v) is 2.93. The Kier molecular flexibility index (Phi) is 4.57. The molecule has 0 N–H and O–H groups in total. The van der Waals surface area contributed by atoms with E-state index in [1.807, 2.05) is 36.2 Å². The SMILES string of the molecule is CN1CCN(C(=O)Cc2ccc([N+](=O)[O-])cc2)c2ccccc2C1. The Hall–Kier alpha value is -2.73. The highest BCUT2D eigenvalue weighted by Gasteiger charge is 2.22. The van der Waals surface area contributed by atoms with Gasteiger partial charge in [-0.2, -0.15) is 0 Å². The minimum absolute atomic E-state index is 0.00611. The van der Waals surface area contributed by atoms with E-state index in [4.69, 9.17) is 0 Å². The Balaban J connectivity index is 1.80. The van der Waals surface area contributed by atoms with Crippen molar-refractivity contribution in [1.82, 2.24) is 4.90 Å². The molecule has 1 amide bonds. The minimum Gasteiger partial charge on any atom is -0.311 e. The summed E-state index contributed by atoms with van der Waals surface area (Å²) in [4.78, 5) is 27.1. The molecule has 0 radical (unpaired) electrons. The summed E-state index contributed by atoms with van der Waals surface area (Å²) in [6, 6.07) is 14.1. The number of nitro benzene ring substituents is 1. The van der Waals surface area contributed by atoms with E-state index in [1.165, 1.54) is 12.1 Å². The van der Waals surface area contributed by atoms with Crippen molar-refractivity contribution in [2.45, 2.75) is 13.0 Å². The monoisotopic (exact) mass is 325 g/mol. The van der Waals surface area contributed by atoms with Crippen LogP contribution in [-0.2, 0) is 17.8 Å². The highest BCUT2D eigenvalue weighted by Crippen LogP contribution is 2.25. The molecule has 0 spiro atoms. The number of carbonyl (C=O) groups excluding carboxylic acids is 1. The van der Waals surface area contributed by atoms with E-state index in [0.29, 0.717) is 6.54 Å². The topological polar surface area (TPSA) is 66.7 Å². The lowest BCUT2D eigenvalue weighted by Crippen LogP contribution is -2.36. The molecule has 0 saturated heterocycles. The average Bonchev–Trinajstić information content (AvgIpc) is 2.73. The number of nitrogens with zero attached hydrogens (tertiary/aromatic N) is 3. The Morgan fingerprint density at radius 2 is 1.83 bits per heavy atom. The van der Waals surface area contributed by atoms with Crippen molar-refractivity contribution in [3.63, 3.8) is 0 Å². The van der Waals surface area contributed by atoms with Crippen LogP contribution in [0.5, 0.6) is 0 Å². The van der Waals surface area contributed by atoms with E-state index in [0.717, 1.165) is 29.9 Å². The highest BCUT2D eigenvalue weighted by molar-refractivity contribution is 5.95. The van der Waals surface area contributed by atoms with Crippen LogP contribution in [0, 0.1) is 10.1 Å². The zero-order chi connectivity index (χ0) is 17.1. The highest BCUT2D eigenvalue weighted by atomic mass is 16.6. The molecule has 0 saturated carbocycles. The molecule has 6 nitrogen and oxygen atoms in total. The van der Waals surface area contributed by atoms with E-state index in [9.17, 15) is 14.9 Å². The zero-order valence-electron chi connectivity index (χ0n) is 13.5. The lowest BCUT2D eigenvalue weighted by molar-refractivity contribution is -0.384. The first-order valence-electron chi connectivity index (χ1n) is 7.85. The number of amides is 1. The molecule has 0 fully saturated rings. The van der Waals surface area contributed by atoms with Gasteiger partial charge in [-0.3, -0.25) is 14.9 Å². The van der Waals surface area contributed by atoms with Crippen LogP contribution in [0.1, 0.15) is 11.1 Å². The minimum atomic E-state index is -0.438. The van der Waals surface area contributed by atoms with Gasteiger partial charge in [0.05, 0.1) is 11.3 Å². The second-order valence-corrected chi connectivity index (χ2v) is 6.01. The van der Waals surface area contributed by atoms with E-state index in [1.54, 1.807) is 12.1 Å². The molecule has 6 heteroatoms. The van der Waals surface area contributed by atoms with E-state index in [2.05, 4.69) is 4.90 Å². The number of nitro groups is 1. The zero-order valence-corrected chi connectivity index (χ0v) is 13.5. The van der Waals surface area contributed by atoms with Crippen molar-refractivity contribution >= 4 is 17.3 Å². The average molecular weight is 325 g/mol. The summed E-state index contributed by atoms with van der Waals surface area (Å²) in [7, 11) is 2.04. The summed E-state index contributed by atoms with van der Waals surface area (Å²) >= 11 is 0. The molecule has 0 unspecified atom stereocenters. The Labute approximate surface area is 140 Å². The molecule has 2 aromatic carbocycles. The van der Waals surface area contributed by atoms with E-state index >= 15 is 0 Å². The van der Waals surface area contributed by atoms with Crippen LogP contribution < -0.4 is 4.90 Å². The largest absolute Gasteiger partial charge is 0.311 e. The second kappa shape index (κ2) is 6.80. The van der Waals surface area contributed by atoms with Crippen LogP contribution in [-0.4, -0.2) is 35.9 Å². The third kappa shape index (κ3) is 3.44. The molecule has 1 aliphatic heterocycles. The van der Waals surface area contributed by atoms with Gasteiger partial charge < -0.3 is 9.80 Å². The maximum atomic E-state index is 12.8. The number of hydrogen-bond acceptors (Lipinski definition) is 4. The molecule has 3 rings (SSSR count). The van der Waals surface area contributed by atoms with Gasteiger partial charge in [0, 0.05) is 37.5 Å². The van der Waals surface area contributed by atoms with Gasteiger partial charge >= 0.3 is 0 Å². The number of anilines is 1. The normalized spacial score (nSPS) is 14.8. The van der Waals surface area contributed by atoms with Gasteiger partial charge in [-0.05, 0) is 24.2 Å². The van der Waals surface area contributed by atoms with Crippen molar-refractivity contribution in [2.24, 2.45) is 0 Å². The quantitative estimate of drug-likeness (QED) is 0.643. The molecule has 1 aliphatic rings. The number of benzene rings is 2. The molecule has 0 bridgehead atoms. The lowest BCUT2D eigenvalue weighted by atomic mass is 10.1. The number of hydrogen-bond donors (Lipinski definition) is 0. The lowest BCUT2D eigenvalue weighted by Gasteiger charge is -2.22. The van der Waals surface area contributed by atoms with Crippen LogP contribution in [0.2, 0.25) is 0 Å². The van der Waals surface area contributed by atoms with Gasteiger partial charge in [-0.1, -0.05) is 30.3 Å². The van der Waals surface area contributed by atoms with Crippen molar-refractivity contribution in [2.75, 3.05) is 25.0 Å². The molecule has 0 aliphatic carbocycles. The number of likely N-dealkylation sites (N-methyl/N-ethyl adjacent to an activating group) is 1. The maximum Gasteiger partial charge on any atom is 0.269 e. The van der Waals surface area contributed by atoms with Crippen molar-refractivity contribution < 1.29 is 9.72 Å². The van der Waals surface area contributed by atoms with Gasteiger partial charge in [-0.25, -0.2) is 0 Å². The molecule has 0 atom stereocenters. The van der Waals surface area contributed by atoms with Crippen molar-refractivity contribution in [3.05, 3.63) is 69.8 Å². The van der Waals surface area contributed by atoms with Gasteiger partial charge in [0.1, 0.15) is 0 Å². The predicted molar refractivity (Wildman–Crippen MR) is 91.9 cm³/mol. The second-order valence-electron chi connectivity index (χ2n) is 6.01. The fraction of sp³-hybridized carbons (Fsp3) is 0.278. The summed E-state index contributed by atoms with van der Waals surface area (Å²) in [5.41, 5.74) is 2.90. The van der Waals surface area contributed by atoms with Gasteiger partial charge in [0.25, 0.3) is 5.69 Å². The van der Waals surface area contributed by atoms with E-state index in [-0.39, 0.29) is 18.0 Å². The van der Waals surface area contributed by atoms with Crippen LogP contribution in [0.25, 0.3) is 0 Å². The van der Waals surface area contributed by atoms with Crippen LogP contribution >= 0.6 is 0 Å². The molecular formula is C18H19N3O3. The Morgan fingerprint density at radius 3 is 2.54 bits per heavy atom. The number of fused-ring (bicyclic) bond motifs is 1. The number of rotatable bonds is 3. The fourth-order valence-electron chi connectivity index (χ4n) is 2.93. The first-order chi connectivity index (χ1) is 11.5. The van der Waals surface area contributed by atoms with Gasteiger partial charge in [0.2, 0.25) is 5.91 Å². The van der Waals surface area contributed by atoms with Crippen molar-refractivity contribution in [3.8, 4) is 0 Å². The summed E-state index contributed by atoms with van der Waals surface area (Å²) < 4.78 is 0. The third-order valence-corrected chi connectivity index (χ3v) is 4.23.